The highest BCUT2D eigenvalue weighted by atomic mass is 79.9. The second kappa shape index (κ2) is 6.16. The van der Waals surface area contributed by atoms with Crippen LogP contribution >= 0.6 is 27.5 Å². The van der Waals surface area contributed by atoms with E-state index in [9.17, 15) is 0 Å². The Labute approximate surface area is 115 Å². The summed E-state index contributed by atoms with van der Waals surface area (Å²) in [4.78, 5) is 0. The molecule has 1 fully saturated rings. The summed E-state index contributed by atoms with van der Waals surface area (Å²) < 4.78 is 11.8. The van der Waals surface area contributed by atoms with Gasteiger partial charge in [-0.05, 0) is 17.7 Å². The predicted molar refractivity (Wildman–Crippen MR) is 71.4 cm³/mol. The number of methoxy groups -OCH3 is 1. The fraction of sp³-hybridized carbons (Fsp3) is 0.500. The third-order valence-electron chi connectivity index (χ3n) is 2.75. The van der Waals surface area contributed by atoms with Gasteiger partial charge in [0, 0.05) is 35.3 Å². The molecule has 1 aromatic rings. The summed E-state index contributed by atoms with van der Waals surface area (Å²) >= 11 is 9.77. The molecular formula is C12H15BrClNO2. The number of hydrogen-bond acceptors (Lipinski definition) is 3. The molecule has 3 nitrogen and oxygen atoms in total. The smallest absolute Gasteiger partial charge is 0.0950 e. The molecule has 0 amide bonds. The van der Waals surface area contributed by atoms with Crippen molar-refractivity contribution in [3.63, 3.8) is 0 Å². The normalized spacial score (nSPS) is 20.5. The van der Waals surface area contributed by atoms with Gasteiger partial charge in [0.05, 0.1) is 19.3 Å². The zero-order valence-electron chi connectivity index (χ0n) is 9.63. The molecule has 1 saturated heterocycles. The van der Waals surface area contributed by atoms with Crippen molar-refractivity contribution in [2.45, 2.75) is 12.7 Å². The largest absolute Gasteiger partial charge is 0.380 e. The molecule has 0 aromatic heterocycles. The zero-order valence-corrected chi connectivity index (χ0v) is 12.0. The van der Waals surface area contributed by atoms with Gasteiger partial charge in [0.15, 0.2) is 0 Å². The summed E-state index contributed by atoms with van der Waals surface area (Å²) in [5, 5.41) is 4.02. The van der Waals surface area contributed by atoms with Gasteiger partial charge in [-0.1, -0.05) is 27.5 Å². The van der Waals surface area contributed by atoms with Crippen LogP contribution in [0.3, 0.4) is 0 Å². The number of benzene rings is 1. The van der Waals surface area contributed by atoms with Crippen molar-refractivity contribution in [2.24, 2.45) is 0 Å². The van der Waals surface area contributed by atoms with Crippen LogP contribution in [-0.2, 0) is 16.1 Å². The highest BCUT2D eigenvalue weighted by Gasteiger charge is 2.18. The van der Waals surface area contributed by atoms with Gasteiger partial charge in [0.1, 0.15) is 0 Å². The van der Waals surface area contributed by atoms with Crippen molar-refractivity contribution < 1.29 is 9.47 Å². The number of ether oxygens (including phenoxy) is 2. The maximum atomic E-state index is 6.25. The molecule has 1 atom stereocenters. The summed E-state index contributed by atoms with van der Waals surface area (Å²) in [6.07, 6.45) is 0.0779. The second-order valence-corrected chi connectivity index (χ2v) is 5.22. The van der Waals surface area contributed by atoms with E-state index in [2.05, 4.69) is 27.3 Å². The van der Waals surface area contributed by atoms with Gasteiger partial charge in [0.25, 0.3) is 0 Å². The monoisotopic (exact) mass is 319 g/mol. The van der Waals surface area contributed by atoms with E-state index in [1.54, 1.807) is 7.11 Å². The molecule has 17 heavy (non-hydrogen) atoms. The number of nitrogens with one attached hydrogen (secondary N) is 1. The molecule has 0 saturated carbocycles. The molecule has 5 heteroatoms. The van der Waals surface area contributed by atoms with Gasteiger partial charge in [-0.2, -0.15) is 0 Å². The summed E-state index contributed by atoms with van der Waals surface area (Å²) in [6.45, 7) is 2.97. The van der Waals surface area contributed by atoms with Crippen LogP contribution in [0.4, 0.5) is 0 Å². The maximum absolute atomic E-state index is 6.25. The SMILES string of the molecule is COCc1c(Cl)cc(C2CNCCO2)cc1Br. The first-order chi connectivity index (χ1) is 8.22. The Morgan fingerprint density at radius 3 is 3.00 bits per heavy atom. The standard InChI is InChI=1S/C12H15BrClNO2/c1-16-7-9-10(13)4-8(5-11(9)14)12-6-15-2-3-17-12/h4-5,12,15H,2-3,6-7H2,1H3. The zero-order chi connectivity index (χ0) is 12.3. The van der Waals surface area contributed by atoms with Crippen LogP contribution in [0.15, 0.2) is 16.6 Å². The van der Waals surface area contributed by atoms with E-state index in [4.69, 9.17) is 21.1 Å². The van der Waals surface area contributed by atoms with Gasteiger partial charge in [-0.25, -0.2) is 0 Å². The van der Waals surface area contributed by atoms with Crippen molar-refractivity contribution >= 4 is 27.5 Å². The number of halogens is 2. The van der Waals surface area contributed by atoms with Crippen LogP contribution in [0.1, 0.15) is 17.2 Å². The highest BCUT2D eigenvalue weighted by Crippen LogP contribution is 2.31. The molecule has 94 valence electrons. The summed E-state index contributed by atoms with van der Waals surface area (Å²) in [6, 6.07) is 4.01. The quantitative estimate of drug-likeness (QED) is 0.929. The molecule has 2 rings (SSSR count). The molecule has 1 heterocycles. The van der Waals surface area contributed by atoms with Gasteiger partial charge < -0.3 is 14.8 Å². The number of rotatable bonds is 3. The first-order valence-electron chi connectivity index (χ1n) is 5.51. The van der Waals surface area contributed by atoms with E-state index in [0.29, 0.717) is 11.6 Å². The highest BCUT2D eigenvalue weighted by molar-refractivity contribution is 9.10. The minimum atomic E-state index is 0.0779. The van der Waals surface area contributed by atoms with Crippen molar-refractivity contribution in [3.8, 4) is 0 Å². The summed E-state index contributed by atoms with van der Waals surface area (Å²) in [5.41, 5.74) is 2.07. The van der Waals surface area contributed by atoms with Crippen LogP contribution in [0, 0.1) is 0 Å². The molecule has 0 spiro atoms. The van der Waals surface area contributed by atoms with E-state index in [-0.39, 0.29) is 6.10 Å². The predicted octanol–water partition coefficient (Wildman–Crippen LogP) is 2.91. The van der Waals surface area contributed by atoms with Gasteiger partial charge in [-0.15, -0.1) is 0 Å². The van der Waals surface area contributed by atoms with E-state index < -0.39 is 0 Å². The molecule has 1 unspecified atom stereocenters. The second-order valence-electron chi connectivity index (χ2n) is 3.96. The van der Waals surface area contributed by atoms with E-state index in [1.165, 1.54) is 0 Å². The maximum Gasteiger partial charge on any atom is 0.0950 e. The van der Waals surface area contributed by atoms with Crippen molar-refractivity contribution in [3.05, 3.63) is 32.8 Å². The first-order valence-corrected chi connectivity index (χ1v) is 6.68. The minimum absolute atomic E-state index is 0.0779. The Hall–Kier alpha value is -0.130. The van der Waals surface area contributed by atoms with Crippen molar-refractivity contribution in [1.29, 1.82) is 0 Å². The van der Waals surface area contributed by atoms with Crippen molar-refractivity contribution in [1.82, 2.24) is 5.32 Å². The van der Waals surface area contributed by atoms with E-state index in [0.717, 1.165) is 35.3 Å². The van der Waals surface area contributed by atoms with Crippen LogP contribution in [0.25, 0.3) is 0 Å². The van der Waals surface area contributed by atoms with Crippen LogP contribution in [0.5, 0.6) is 0 Å². The van der Waals surface area contributed by atoms with Gasteiger partial charge in [0.2, 0.25) is 0 Å². The lowest BCUT2D eigenvalue weighted by Crippen LogP contribution is -2.33. The van der Waals surface area contributed by atoms with Gasteiger partial charge in [-0.3, -0.25) is 0 Å². The number of hydrogen-bond donors (Lipinski definition) is 1. The third-order valence-corrected chi connectivity index (χ3v) is 3.80. The van der Waals surface area contributed by atoms with Crippen LogP contribution < -0.4 is 5.32 Å². The Bertz CT molecular complexity index is 371. The fourth-order valence-electron chi connectivity index (χ4n) is 1.87. The minimum Gasteiger partial charge on any atom is -0.380 e. The third kappa shape index (κ3) is 3.20. The lowest BCUT2D eigenvalue weighted by Gasteiger charge is -2.24. The average molecular weight is 321 g/mol. The Morgan fingerprint density at radius 2 is 2.41 bits per heavy atom. The summed E-state index contributed by atoms with van der Waals surface area (Å²) in [7, 11) is 1.66. The fourth-order valence-corrected chi connectivity index (χ4v) is 2.86. The van der Waals surface area contributed by atoms with E-state index >= 15 is 0 Å². The molecule has 0 bridgehead atoms. The Balaban J connectivity index is 2.24. The molecule has 1 aliphatic rings. The van der Waals surface area contributed by atoms with E-state index in [1.807, 2.05) is 6.07 Å². The molecule has 0 radical (unpaired) electrons. The van der Waals surface area contributed by atoms with Crippen LogP contribution in [-0.4, -0.2) is 26.8 Å². The van der Waals surface area contributed by atoms with Gasteiger partial charge >= 0.3 is 0 Å². The Kier molecular flexibility index (Phi) is 4.82. The molecule has 1 aliphatic heterocycles. The molecule has 1 N–H and O–H groups in total. The number of morpholine rings is 1. The molecule has 0 aliphatic carbocycles. The first kappa shape index (κ1) is 13.3. The molecular weight excluding hydrogens is 305 g/mol. The summed E-state index contributed by atoms with van der Waals surface area (Å²) in [5.74, 6) is 0. The van der Waals surface area contributed by atoms with Crippen molar-refractivity contribution in [2.75, 3.05) is 26.8 Å². The Morgan fingerprint density at radius 1 is 1.59 bits per heavy atom. The van der Waals surface area contributed by atoms with Crippen LogP contribution in [0.2, 0.25) is 5.02 Å². The average Bonchev–Trinajstić information content (AvgIpc) is 2.35. The molecule has 1 aromatic carbocycles. The lowest BCUT2D eigenvalue weighted by atomic mass is 10.1. The topological polar surface area (TPSA) is 30.5 Å². The lowest BCUT2D eigenvalue weighted by molar-refractivity contribution is 0.0276.